The maximum Gasteiger partial charge on any atom is 0.178 e. The van der Waals surface area contributed by atoms with Gasteiger partial charge in [0.1, 0.15) is 36.0 Å². The first-order chi connectivity index (χ1) is 16.0. The van der Waals surface area contributed by atoms with Gasteiger partial charge in [-0.25, -0.2) is 14.6 Å². The molecule has 1 fully saturated rings. The first-order valence-corrected chi connectivity index (χ1v) is 12.0. The molecule has 1 aromatic carbocycles. The second-order valence-corrected chi connectivity index (χ2v) is 9.31. The van der Waals surface area contributed by atoms with Crippen LogP contribution in [0, 0.1) is 0 Å². The minimum absolute atomic E-state index is 0.216. The highest BCUT2D eigenvalue weighted by Crippen LogP contribution is 2.38. The predicted molar refractivity (Wildman–Crippen MR) is 126 cm³/mol. The van der Waals surface area contributed by atoms with E-state index in [2.05, 4.69) is 57.8 Å². The van der Waals surface area contributed by atoms with Crippen molar-refractivity contribution in [2.24, 2.45) is 0 Å². The van der Waals surface area contributed by atoms with E-state index in [0.29, 0.717) is 31.3 Å². The number of ketones is 1. The maximum absolute atomic E-state index is 11.8. The lowest BCUT2D eigenvalue weighted by molar-refractivity contribution is -0.120. The molecular weight excluding hydrogens is 416 g/mol. The van der Waals surface area contributed by atoms with Crippen LogP contribution in [0.2, 0.25) is 0 Å². The Morgan fingerprint density at radius 3 is 2.76 bits per heavy atom. The Balaban J connectivity index is 1.38. The van der Waals surface area contributed by atoms with Gasteiger partial charge in [0.15, 0.2) is 5.82 Å². The third kappa shape index (κ3) is 4.31. The van der Waals surface area contributed by atoms with Crippen molar-refractivity contribution in [3.8, 4) is 28.7 Å². The van der Waals surface area contributed by atoms with Crippen molar-refractivity contribution in [3.63, 3.8) is 0 Å². The van der Waals surface area contributed by atoms with Gasteiger partial charge in [-0.2, -0.15) is 5.10 Å². The normalized spacial score (nSPS) is 16.8. The Bertz CT molecular complexity index is 1140. The van der Waals surface area contributed by atoms with E-state index in [1.807, 2.05) is 11.6 Å². The fourth-order valence-electron chi connectivity index (χ4n) is 4.86. The van der Waals surface area contributed by atoms with Crippen molar-refractivity contribution < 1.29 is 9.53 Å². The fraction of sp³-hybridized carbons (Fsp3) is 0.520. The average molecular weight is 449 g/mol. The highest BCUT2D eigenvalue weighted by atomic mass is 16.5. The standard InChI is InChI=1S/C25H32N6O2/c1-4-20(32)14-29-9-7-18(8-10-29)19-5-6-21-23(13-19)33-12-11-30-15-22(28-24(21)30)25-26-16-27-31(25)17(2)3/h5-6,13,15-18H,4,7-12,14H2,1-3H3. The minimum Gasteiger partial charge on any atom is -0.491 e. The van der Waals surface area contributed by atoms with Crippen LogP contribution >= 0.6 is 0 Å². The van der Waals surface area contributed by atoms with Gasteiger partial charge in [0.2, 0.25) is 0 Å². The average Bonchev–Trinajstić information content (AvgIpc) is 3.44. The van der Waals surface area contributed by atoms with Crippen LogP contribution in [-0.2, 0) is 11.3 Å². The topological polar surface area (TPSA) is 78.1 Å². The molecule has 3 aromatic rings. The van der Waals surface area contributed by atoms with E-state index in [-0.39, 0.29) is 6.04 Å². The molecule has 33 heavy (non-hydrogen) atoms. The summed E-state index contributed by atoms with van der Waals surface area (Å²) in [7, 11) is 0. The molecule has 0 N–H and O–H groups in total. The van der Waals surface area contributed by atoms with Gasteiger partial charge in [-0.3, -0.25) is 9.69 Å². The molecule has 2 aliphatic rings. The van der Waals surface area contributed by atoms with E-state index in [9.17, 15) is 4.79 Å². The first kappa shape index (κ1) is 21.8. The van der Waals surface area contributed by atoms with Gasteiger partial charge in [0.25, 0.3) is 0 Å². The molecular formula is C25H32N6O2. The number of benzene rings is 1. The summed E-state index contributed by atoms with van der Waals surface area (Å²) in [6.07, 6.45) is 6.40. The number of imidazole rings is 1. The van der Waals surface area contributed by atoms with Gasteiger partial charge in [-0.15, -0.1) is 0 Å². The van der Waals surface area contributed by atoms with E-state index in [1.54, 1.807) is 6.33 Å². The van der Waals surface area contributed by atoms with Crippen LogP contribution in [0.1, 0.15) is 57.6 Å². The Hall–Kier alpha value is -3.00. The molecule has 2 aromatic heterocycles. The number of piperidine rings is 1. The second kappa shape index (κ2) is 9.09. The number of hydrogen-bond donors (Lipinski definition) is 0. The SMILES string of the molecule is CCC(=O)CN1CCC(c2ccc3c(c2)OCCn2cc(-c4ncnn4C(C)C)nc2-3)CC1. The monoisotopic (exact) mass is 448 g/mol. The van der Waals surface area contributed by atoms with E-state index < -0.39 is 0 Å². The zero-order valence-corrected chi connectivity index (χ0v) is 19.7. The van der Waals surface area contributed by atoms with Gasteiger partial charge in [0.05, 0.1) is 18.7 Å². The maximum atomic E-state index is 11.8. The lowest BCUT2D eigenvalue weighted by Crippen LogP contribution is -2.36. The number of rotatable bonds is 6. The number of carbonyl (C=O) groups excluding carboxylic acids is 1. The molecule has 0 radical (unpaired) electrons. The summed E-state index contributed by atoms with van der Waals surface area (Å²) in [6, 6.07) is 6.79. The smallest absolute Gasteiger partial charge is 0.178 e. The minimum atomic E-state index is 0.216. The number of carbonyl (C=O) groups is 1. The zero-order chi connectivity index (χ0) is 22.9. The quantitative estimate of drug-likeness (QED) is 0.568. The van der Waals surface area contributed by atoms with E-state index in [0.717, 1.165) is 61.1 Å². The molecule has 0 spiro atoms. The molecule has 0 amide bonds. The van der Waals surface area contributed by atoms with Crippen LogP contribution in [0.25, 0.3) is 22.9 Å². The van der Waals surface area contributed by atoms with Crippen molar-refractivity contribution in [3.05, 3.63) is 36.3 Å². The van der Waals surface area contributed by atoms with Crippen LogP contribution in [-0.4, -0.2) is 61.2 Å². The van der Waals surface area contributed by atoms with Gasteiger partial charge >= 0.3 is 0 Å². The summed E-state index contributed by atoms with van der Waals surface area (Å²) in [6.45, 7) is 10.0. The van der Waals surface area contributed by atoms with E-state index >= 15 is 0 Å². The number of fused-ring (bicyclic) bond motifs is 3. The molecule has 5 rings (SSSR count). The van der Waals surface area contributed by atoms with Crippen molar-refractivity contribution >= 4 is 5.78 Å². The van der Waals surface area contributed by atoms with Gasteiger partial charge in [-0.05, 0) is 63.4 Å². The Morgan fingerprint density at radius 1 is 1.18 bits per heavy atom. The second-order valence-electron chi connectivity index (χ2n) is 9.31. The molecule has 1 saturated heterocycles. The Labute approximate surface area is 194 Å². The molecule has 0 bridgehead atoms. The van der Waals surface area contributed by atoms with Crippen molar-refractivity contribution in [2.45, 2.75) is 58.5 Å². The number of hydrogen-bond acceptors (Lipinski definition) is 6. The molecule has 8 heteroatoms. The number of likely N-dealkylation sites (tertiary alicyclic amines) is 1. The summed E-state index contributed by atoms with van der Waals surface area (Å²) in [5, 5.41) is 4.36. The molecule has 8 nitrogen and oxygen atoms in total. The van der Waals surface area contributed by atoms with Crippen LogP contribution in [0.15, 0.2) is 30.7 Å². The fourth-order valence-corrected chi connectivity index (χ4v) is 4.86. The summed E-state index contributed by atoms with van der Waals surface area (Å²) in [5.41, 5.74) is 3.17. The number of nitrogens with zero attached hydrogens (tertiary/aromatic N) is 6. The lowest BCUT2D eigenvalue weighted by atomic mass is 9.88. The van der Waals surface area contributed by atoms with Crippen molar-refractivity contribution in [1.82, 2.24) is 29.2 Å². The van der Waals surface area contributed by atoms with Gasteiger partial charge in [0, 0.05) is 18.7 Å². The van der Waals surface area contributed by atoms with Gasteiger partial charge < -0.3 is 9.30 Å². The predicted octanol–water partition coefficient (Wildman–Crippen LogP) is 3.94. The van der Waals surface area contributed by atoms with Crippen LogP contribution in [0.3, 0.4) is 0 Å². The number of Topliss-reactive ketones (excluding diaryl/α,β-unsaturated/α-hetero) is 1. The highest BCUT2D eigenvalue weighted by Gasteiger charge is 2.25. The summed E-state index contributed by atoms with van der Waals surface area (Å²) < 4.78 is 10.2. The molecule has 0 unspecified atom stereocenters. The molecule has 0 saturated carbocycles. The number of ether oxygens (including phenoxy) is 1. The summed E-state index contributed by atoms with van der Waals surface area (Å²) >= 11 is 0. The first-order valence-electron chi connectivity index (χ1n) is 12.0. The van der Waals surface area contributed by atoms with Crippen LogP contribution in [0.5, 0.6) is 5.75 Å². The van der Waals surface area contributed by atoms with Crippen LogP contribution < -0.4 is 4.74 Å². The van der Waals surface area contributed by atoms with E-state index in [4.69, 9.17) is 9.72 Å². The van der Waals surface area contributed by atoms with Crippen molar-refractivity contribution in [1.29, 1.82) is 0 Å². The molecule has 4 heterocycles. The molecule has 0 aliphatic carbocycles. The largest absolute Gasteiger partial charge is 0.491 e. The van der Waals surface area contributed by atoms with Crippen molar-refractivity contribution in [2.75, 3.05) is 26.2 Å². The third-order valence-corrected chi connectivity index (χ3v) is 6.76. The molecule has 0 atom stereocenters. The highest BCUT2D eigenvalue weighted by molar-refractivity contribution is 5.80. The zero-order valence-electron chi connectivity index (χ0n) is 19.7. The lowest BCUT2D eigenvalue weighted by Gasteiger charge is -2.31. The summed E-state index contributed by atoms with van der Waals surface area (Å²) in [4.78, 5) is 23.5. The molecule has 2 aliphatic heterocycles. The van der Waals surface area contributed by atoms with Crippen LogP contribution in [0.4, 0.5) is 0 Å². The third-order valence-electron chi connectivity index (χ3n) is 6.76. The number of aromatic nitrogens is 5. The Morgan fingerprint density at radius 2 is 2.00 bits per heavy atom. The molecule has 174 valence electrons. The van der Waals surface area contributed by atoms with E-state index in [1.165, 1.54) is 5.56 Å². The summed E-state index contributed by atoms with van der Waals surface area (Å²) in [5.74, 6) is 3.42. The Kier molecular flexibility index (Phi) is 6.01. The van der Waals surface area contributed by atoms with Gasteiger partial charge in [-0.1, -0.05) is 13.0 Å².